The predicted molar refractivity (Wildman–Crippen MR) is 110 cm³/mol. The maximum Gasteiger partial charge on any atom is 0.230 e. The van der Waals surface area contributed by atoms with Gasteiger partial charge >= 0.3 is 0 Å². The van der Waals surface area contributed by atoms with Crippen molar-refractivity contribution in [2.75, 3.05) is 45.0 Å². The van der Waals surface area contributed by atoms with Gasteiger partial charge in [0.25, 0.3) is 0 Å². The predicted octanol–water partition coefficient (Wildman–Crippen LogP) is 2.88. The molecule has 0 unspecified atom stereocenters. The van der Waals surface area contributed by atoms with Crippen LogP contribution in [0.5, 0.6) is 0 Å². The van der Waals surface area contributed by atoms with Crippen LogP contribution >= 0.6 is 23.4 Å². The van der Waals surface area contributed by atoms with Gasteiger partial charge in [0.1, 0.15) is 0 Å². The van der Waals surface area contributed by atoms with E-state index in [-0.39, 0.29) is 11.8 Å². The summed E-state index contributed by atoms with van der Waals surface area (Å²) in [7, 11) is 0. The number of amides is 2. The Morgan fingerprint density at radius 3 is 2.41 bits per heavy atom. The molecule has 2 amide bonds. The van der Waals surface area contributed by atoms with E-state index in [9.17, 15) is 9.59 Å². The average Bonchev–Trinajstić information content (AvgIpc) is 3.22. The lowest BCUT2D eigenvalue weighted by molar-refractivity contribution is -0.137. The largest absolute Gasteiger partial charge is 0.354 e. The summed E-state index contributed by atoms with van der Waals surface area (Å²) in [6, 6.07) is 7.51. The third kappa shape index (κ3) is 6.40. The Morgan fingerprint density at radius 1 is 1.07 bits per heavy atom. The highest BCUT2D eigenvalue weighted by Gasteiger charge is 2.29. The number of piperazine rings is 1. The standard InChI is InChI=1S/C20H28ClN3O2S/c21-17-5-7-18(8-6-17)27-15-19(25)22-9-10-23-11-13-24(14-12-23)20(26)16-3-1-2-4-16/h5-8,16H,1-4,9-15H2,(H,22,25). The average molecular weight is 410 g/mol. The van der Waals surface area contributed by atoms with Crippen molar-refractivity contribution in [1.82, 2.24) is 15.1 Å². The van der Waals surface area contributed by atoms with Gasteiger partial charge in [-0.2, -0.15) is 0 Å². The number of hydrogen-bond acceptors (Lipinski definition) is 4. The second-order valence-electron chi connectivity index (χ2n) is 7.24. The molecule has 2 fully saturated rings. The molecule has 0 radical (unpaired) electrons. The van der Waals surface area contributed by atoms with E-state index < -0.39 is 0 Å². The van der Waals surface area contributed by atoms with E-state index in [0.29, 0.717) is 23.2 Å². The third-order valence-corrected chi connectivity index (χ3v) is 6.59. The van der Waals surface area contributed by atoms with Gasteiger partial charge < -0.3 is 10.2 Å². The van der Waals surface area contributed by atoms with Crippen molar-refractivity contribution in [2.24, 2.45) is 5.92 Å². The van der Waals surface area contributed by atoms with Crippen LogP contribution in [0.15, 0.2) is 29.2 Å². The number of nitrogens with zero attached hydrogens (tertiary/aromatic N) is 2. The summed E-state index contributed by atoms with van der Waals surface area (Å²) in [4.78, 5) is 29.8. The van der Waals surface area contributed by atoms with Crippen LogP contribution < -0.4 is 5.32 Å². The molecule has 0 spiro atoms. The number of carbonyl (C=O) groups excluding carboxylic acids is 2. The zero-order chi connectivity index (χ0) is 19.1. The molecule has 1 aromatic carbocycles. The lowest BCUT2D eigenvalue weighted by Crippen LogP contribution is -2.51. The molecule has 3 rings (SSSR count). The van der Waals surface area contributed by atoms with Gasteiger partial charge in [-0.05, 0) is 37.1 Å². The first-order valence-corrected chi connectivity index (χ1v) is 11.1. The SMILES string of the molecule is O=C(CSc1ccc(Cl)cc1)NCCN1CCN(C(=O)C2CCCC2)CC1. The molecule has 2 aliphatic rings. The van der Waals surface area contributed by atoms with Crippen LogP contribution in [0, 0.1) is 5.92 Å². The topological polar surface area (TPSA) is 52.7 Å². The molecule has 0 aromatic heterocycles. The van der Waals surface area contributed by atoms with E-state index in [4.69, 9.17) is 11.6 Å². The highest BCUT2D eigenvalue weighted by Crippen LogP contribution is 2.26. The summed E-state index contributed by atoms with van der Waals surface area (Å²) in [6.45, 7) is 4.91. The van der Waals surface area contributed by atoms with Gasteiger partial charge in [0.05, 0.1) is 5.75 Å². The van der Waals surface area contributed by atoms with Crippen LogP contribution in [-0.2, 0) is 9.59 Å². The van der Waals surface area contributed by atoms with Crippen LogP contribution in [0.4, 0.5) is 0 Å². The second-order valence-corrected chi connectivity index (χ2v) is 8.73. The third-order valence-electron chi connectivity index (χ3n) is 5.32. The molecular formula is C20H28ClN3O2S. The molecule has 1 aromatic rings. The molecule has 7 heteroatoms. The summed E-state index contributed by atoms with van der Waals surface area (Å²) < 4.78 is 0. The zero-order valence-electron chi connectivity index (χ0n) is 15.7. The van der Waals surface area contributed by atoms with E-state index in [1.165, 1.54) is 24.6 Å². The number of hydrogen-bond donors (Lipinski definition) is 1. The molecule has 27 heavy (non-hydrogen) atoms. The highest BCUT2D eigenvalue weighted by molar-refractivity contribution is 8.00. The van der Waals surface area contributed by atoms with E-state index in [0.717, 1.165) is 50.5 Å². The fourth-order valence-electron chi connectivity index (χ4n) is 3.71. The van der Waals surface area contributed by atoms with Crippen molar-refractivity contribution in [1.29, 1.82) is 0 Å². The van der Waals surface area contributed by atoms with Crippen LogP contribution in [0.3, 0.4) is 0 Å². The summed E-state index contributed by atoms with van der Waals surface area (Å²) in [5.41, 5.74) is 0. The molecular weight excluding hydrogens is 382 g/mol. The van der Waals surface area contributed by atoms with E-state index >= 15 is 0 Å². The molecule has 0 atom stereocenters. The van der Waals surface area contributed by atoms with Gasteiger partial charge in [0.15, 0.2) is 0 Å². The number of halogens is 1. The van der Waals surface area contributed by atoms with E-state index in [1.807, 2.05) is 29.2 Å². The molecule has 1 aliphatic carbocycles. The molecule has 5 nitrogen and oxygen atoms in total. The monoisotopic (exact) mass is 409 g/mol. The maximum atomic E-state index is 12.5. The second kappa shape index (κ2) is 10.3. The Hall–Kier alpha value is -1.24. The molecule has 0 bridgehead atoms. The van der Waals surface area contributed by atoms with Gasteiger partial charge in [0, 0.05) is 55.1 Å². The maximum absolute atomic E-state index is 12.5. The smallest absolute Gasteiger partial charge is 0.230 e. The quantitative estimate of drug-likeness (QED) is 0.703. The molecule has 1 saturated carbocycles. The minimum atomic E-state index is 0.0463. The van der Waals surface area contributed by atoms with Crippen molar-refractivity contribution in [2.45, 2.75) is 30.6 Å². The van der Waals surface area contributed by atoms with E-state index in [1.54, 1.807) is 0 Å². The van der Waals surface area contributed by atoms with Gasteiger partial charge in [-0.1, -0.05) is 24.4 Å². The summed E-state index contributed by atoms with van der Waals surface area (Å²) in [5.74, 6) is 1.09. The number of carbonyl (C=O) groups is 2. The number of thioether (sulfide) groups is 1. The lowest BCUT2D eigenvalue weighted by Gasteiger charge is -2.36. The van der Waals surface area contributed by atoms with Crippen molar-refractivity contribution in [3.05, 3.63) is 29.3 Å². The summed E-state index contributed by atoms with van der Waals surface area (Å²) in [6.07, 6.45) is 4.54. The lowest BCUT2D eigenvalue weighted by atomic mass is 10.1. The molecule has 148 valence electrons. The first-order valence-electron chi connectivity index (χ1n) is 9.78. The molecule has 1 aliphatic heterocycles. The fourth-order valence-corrected chi connectivity index (χ4v) is 4.56. The normalized spacial score (nSPS) is 18.6. The van der Waals surface area contributed by atoms with Crippen molar-refractivity contribution in [3.8, 4) is 0 Å². The minimum absolute atomic E-state index is 0.0463. The molecule has 1 N–H and O–H groups in total. The Morgan fingerprint density at radius 2 is 1.74 bits per heavy atom. The van der Waals surface area contributed by atoms with Gasteiger partial charge in [-0.3, -0.25) is 14.5 Å². The van der Waals surface area contributed by atoms with Crippen LogP contribution in [0.2, 0.25) is 5.02 Å². The minimum Gasteiger partial charge on any atom is -0.354 e. The first-order chi connectivity index (χ1) is 13.1. The molecule has 1 heterocycles. The van der Waals surface area contributed by atoms with Gasteiger partial charge in [0.2, 0.25) is 11.8 Å². The molecule has 1 saturated heterocycles. The van der Waals surface area contributed by atoms with Crippen molar-refractivity contribution < 1.29 is 9.59 Å². The Labute approximate surface area is 170 Å². The first kappa shape index (κ1) is 20.5. The fraction of sp³-hybridized carbons (Fsp3) is 0.600. The number of rotatable bonds is 7. The summed E-state index contributed by atoms with van der Waals surface area (Å²) >= 11 is 7.37. The van der Waals surface area contributed by atoms with Crippen molar-refractivity contribution in [3.63, 3.8) is 0 Å². The Kier molecular flexibility index (Phi) is 7.85. The van der Waals surface area contributed by atoms with Crippen LogP contribution in [-0.4, -0.2) is 66.6 Å². The number of nitrogens with one attached hydrogen (secondary N) is 1. The van der Waals surface area contributed by atoms with Gasteiger partial charge in [-0.25, -0.2) is 0 Å². The van der Waals surface area contributed by atoms with Gasteiger partial charge in [-0.15, -0.1) is 11.8 Å². The Bertz CT molecular complexity index is 627. The Balaban J connectivity index is 1.28. The van der Waals surface area contributed by atoms with E-state index in [2.05, 4.69) is 10.2 Å². The van der Waals surface area contributed by atoms with Crippen LogP contribution in [0.1, 0.15) is 25.7 Å². The number of benzene rings is 1. The zero-order valence-corrected chi connectivity index (χ0v) is 17.2. The summed E-state index contributed by atoms with van der Waals surface area (Å²) in [5, 5.41) is 3.68. The van der Waals surface area contributed by atoms with Crippen LogP contribution in [0.25, 0.3) is 0 Å². The highest BCUT2D eigenvalue weighted by atomic mass is 35.5. The van der Waals surface area contributed by atoms with Crippen molar-refractivity contribution >= 4 is 35.2 Å².